The normalized spacial score (nSPS) is 13.1. The maximum absolute atomic E-state index is 12.3. The van der Waals surface area contributed by atoms with Crippen LogP contribution in [0.1, 0.15) is 42.1 Å². The largest absolute Gasteiger partial charge is 0.467 e. The Morgan fingerprint density at radius 2 is 1.84 bits per heavy atom. The summed E-state index contributed by atoms with van der Waals surface area (Å²) in [7, 11) is 0. The summed E-state index contributed by atoms with van der Waals surface area (Å²) < 4.78 is 5.69. The number of hydrogen-bond acceptors (Lipinski definition) is 5. The molecule has 0 saturated heterocycles. The van der Waals surface area contributed by atoms with E-state index >= 15 is 0 Å². The number of carbonyl (C=O) groups excluding carboxylic acids is 1. The smallest absolute Gasteiger partial charge is 0.262 e. The number of nitrogens with zero attached hydrogens (tertiary/aromatic N) is 3. The van der Waals surface area contributed by atoms with Crippen LogP contribution in [0, 0.1) is 6.92 Å². The number of nitrogens with one attached hydrogen (secondary N) is 1. The van der Waals surface area contributed by atoms with Crippen molar-refractivity contribution in [2.45, 2.75) is 39.7 Å². The molecule has 0 saturated carbocycles. The average Bonchev–Trinajstić information content (AvgIpc) is 2.77. The molecule has 1 aliphatic heterocycles. The molecular weight excluding hydrogens is 388 g/mol. The molecule has 1 amide bonds. The predicted molar refractivity (Wildman–Crippen MR) is 123 cm³/mol. The van der Waals surface area contributed by atoms with Crippen molar-refractivity contribution < 1.29 is 9.53 Å². The van der Waals surface area contributed by atoms with Crippen LogP contribution >= 0.6 is 0 Å². The average molecular weight is 417 g/mol. The summed E-state index contributed by atoms with van der Waals surface area (Å²) in [6, 6.07) is 18.1. The van der Waals surface area contributed by atoms with Crippen molar-refractivity contribution in [2.24, 2.45) is 0 Å². The molecule has 0 bridgehead atoms. The van der Waals surface area contributed by atoms with Crippen molar-refractivity contribution in [3.8, 4) is 5.88 Å². The summed E-state index contributed by atoms with van der Waals surface area (Å²) in [5.74, 6) is 1.28. The van der Waals surface area contributed by atoms with E-state index in [9.17, 15) is 4.79 Å². The van der Waals surface area contributed by atoms with Gasteiger partial charge in [-0.15, -0.1) is 0 Å². The van der Waals surface area contributed by atoms with Crippen molar-refractivity contribution in [3.63, 3.8) is 0 Å². The first-order chi connectivity index (χ1) is 15.0. The van der Waals surface area contributed by atoms with E-state index in [1.165, 1.54) is 16.7 Å². The minimum absolute atomic E-state index is 0.106. The third kappa shape index (κ3) is 5.20. The second kappa shape index (κ2) is 9.16. The molecule has 6 nitrogen and oxygen atoms in total. The monoisotopic (exact) mass is 416 g/mol. The summed E-state index contributed by atoms with van der Waals surface area (Å²) in [5.41, 5.74) is 5.47. The Morgan fingerprint density at radius 3 is 2.58 bits per heavy atom. The van der Waals surface area contributed by atoms with Crippen molar-refractivity contribution in [2.75, 3.05) is 23.4 Å². The van der Waals surface area contributed by atoms with E-state index in [1.807, 2.05) is 31.2 Å². The van der Waals surface area contributed by atoms with Crippen LogP contribution in [0.4, 0.5) is 11.6 Å². The lowest BCUT2D eigenvalue weighted by Crippen LogP contribution is -2.32. The Bertz CT molecular complexity index is 1060. The fourth-order valence-corrected chi connectivity index (χ4v) is 3.69. The molecule has 0 unspecified atom stereocenters. The third-order valence-electron chi connectivity index (χ3n) is 5.44. The van der Waals surface area contributed by atoms with Gasteiger partial charge in [0.1, 0.15) is 0 Å². The maximum atomic E-state index is 12.3. The molecule has 0 fully saturated rings. The highest BCUT2D eigenvalue weighted by Crippen LogP contribution is 2.24. The van der Waals surface area contributed by atoms with Gasteiger partial charge in [0.25, 0.3) is 5.91 Å². The number of amides is 1. The van der Waals surface area contributed by atoms with Gasteiger partial charge in [-0.05, 0) is 48.1 Å². The van der Waals surface area contributed by atoms with Crippen LogP contribution in [0.25, 0.3) is 0 Å². The molecule has 0 aliphatic carbocycles. The van der Waals surface area contributed by atoms with Crippen LogP contribution in [-0.4, -0.2) is 29.0 Å². The van der Waals surface area contributed by atoms with Gasteiger partial charge in [-0.3, -0.25) is 4.79 Å². The van der Waals surface area contributed by atoms with Gasteiger partial charge in [-0.1, -0.05) is 50.2 Å². The minimum Gasteiger partial charge on any atom is -0.467 e. The Morgan fingerprint density at radius 1 is 1.10 bits per heavy atom. The van der Waals surface area contributed by atoms with Crippen LogP contribution in [0.15, 0.2) is 54.6 Å². The quantitative estimate of drug-likeness (QED) is 0.641. The second-order valence-corrected chi connectivity index (χ2v) is 8.20. The van der Waals surface area contributed by atoms with Gasteiger partial charge in [-0.25, -0.2) is 4.98 Å². The van der Waals surface area contributed by atoms with Crippen LogP contribution in [0.2, 0.25) is 0 Å². The minimum atomic E-state index is -0.220. The Balaban J connectivity index is 1.38. The van der Waals surface area contributed by atoms with Gasteiger partial charge in [0.15, 0.2) is 6.61 Å². The molecule has 1 aliphatic rings. The number of aryl methyl sites for hydroxylation is 1. The number of benzene rings is 2. The Kier molecular flexibility index (Phi) is 6.16. The fourth-order valence-electron chi connectivity index (χ4n) is 3.69. The highest BCUT2D eigenvalue weighted by atomic mass is 16.5. The second-order valence-electron chi connectivity index (χ2n) is 8.20. The van der Waals surface area contributed by atoms with Crippen molar-refractivity contribution in [3.05, 3.63) is 77.0 Å². The lowest BCUT2D eigenvalue weighted by atomic mass is 10.0. The van der Waals surface area contributed by atoms with Gasteiger partial charge in [0.05, 0.1) is 0 Å². The maximum Gasteiger partial charge on any atom is 0.262 e. The number of fused-ring (bicyclic) bond motifs is 1. The summed E-state index contributed by atoms with van der Waals surface area (Å²) in [5, 5.41) is 2.86. The van der Waals surface area contributed by atoms with Gasteiger partial charge >= 0.3 is 0 Å². The molecule has 1 N–H and O–H groups in total. The molecular formula is C25H28N4O2. The van der Waals surface area contributed by atoms with Crippen molar-refractivity contribution in [1.82, 2.24) is 9.97 Å². The highest BCUT2D eigenvalue weighted by molar-refractivity contribution is 5.91. The van der Waals surface area contributed by atoms with Crippen LogP contribution in [0.5, 0.6) is 5.88 Å². The molecule has 2 aromatic carbocycles. The zero-order valence-electron chi connectivity index (χ0n) is 18.3. The first-order valence-electron chi connectivity index (χ1n) is 10.7. The Hall–Kier alpha value is -3.41. The number of carbonyl (C=O) groups is 1. The Labute approximate surface area is 183 Å². The first-order valence-corrected chi connectivity index (χ1v) is 10.7. The van der Waals surface area contributed by atoms with Gasteiger partial charge in [0, 0.05) is 30.5 Å². The van der Waals surface area contributed by atoms with Crippen LogP contribution in [-0.2, 0) is 17.8 Å². The molecule has 3 aromatic rings. The van der Waals surface area contributed by atoms with Gasteiger partial charge in [-0.2, -0.15) is 4.98 Å². The van der Waals surface area contributed by atoms with E-state index in [2.05, 4.69) is 58.3 Å². The molecule has 1 aromatic heterocycles. The van der Waals surface area contributed by atoms with E-state index < -0.39 is 0 Å². The number of hydrogen-bond donors (Lipinski definition) is 1. The number of anilines is 2. The fraction of sp³-hybridized carbons (Fsp3) is 0.320. The van der Waals surface area contributed by atoms with E-state index in [4.69, 9.17) is 4.74 Å². The summed E-state index contributed by atoms with van der Waals surface area (Å²) in [4.78, 5) is 23.6. The van der Waals surface area contributed by atoms with E-state index in [0.29, 0.717) is 17.7 Å². The third-order valence-corrected chi connectivity index (χ3v) is 5.44. The van der Waals surface area contributed by atoms with Crippen LogP contribution < -0.4 is 15.0 Å². The topological polar surface area (TPSA) is 67.3 Å². The van der Waals surface area contributed by atoms with Crippen LogP contribution in [0.3, 0.4) is 0 Å². The summed E-state index contributed by atoms with van der Waals surface area (Å²) in [6.45, 7) is 7.71. The molecule has 6 heteroatoms. The predicted octanol–water partition coefficient (Wildman–Crippen LogP) is 4.49. The van der Waals surface area contributed by atoms with Gasteiger partial charge in [0.2, 0.25) is 11.8 Å². The first kappa shape index (κ1) is 20.8. The SMILES string of the molecule is Cc1cc(OCC(=O)Nc2ccc(C(C)C)cc2)nc(N2CCc3ccccc3C2)n1. The number of rotatable bonds is 6. The summed E-state index contributed by atoms with van der Waals surface area (Å²) >= 11 is 0. The standard InChI is InChI=1S/C25H28N4O2/c1-17(2)19-8-10-22(11-9-19)27-23(30)16-31-24-14-18(3)26-25(28-24)29-13-12-20-6-4-5-7-21(20)15-29/h4-11,14,17H,12-13,15-16H2,1-3H3,(H,27,30). The molecule has 160 valence electrons. The molecule has 31 heavy (non-hydrogen) atoms. The van der Waals surface area contributed by atoms with E-state index in [1.54, 1.807) is 6.07 Å². The molecule has 0 spiro atoms. The zero-order chi connectivity index (χ0) is 21.8. The summed E-state index contributed by atoms with van der Waals surface area (Å²) in [6.07, 6.45) is 0.960. The zero-order valence-corrected chi connectivity index (χ0v) is 18.3. The number of ether oxygens (including phenoxy) is 1. The molecule has 0 atom stereocenters. The highest BCUT2D eigenvalue weighted by Gasteiger charge is 2.19. The van der Waals surface area contributed by atoms with E-state index in [-0.39, 0.29) is 12.5 Å². The van der Waals surface area contributed by atoms with Gasteiger partial charge < -0.3 is 15.0 Å². The lowest BCUT2D eigenvalue weighted by molar-refractivity contribution is -0.118. The number of aromatic nitrogens is 2. The van der Waals surface area contributed by atoms with Crippen molar-refractivity contribution >= 4 is 17.5 Å². The van der Waals surface area contributed by atoms with Crippen molar-refractivity contribution in [1.29, 1.82) is 0 Å². The molecule has 2 heterocycles. The van der Waals surface area contributed by atoms with E-state index in [0.717, 1.165) is 30.9 Å². The molecule has 4 rings (SSSR count). The molecule has 0 radical (unpaired) electrons. The lowest BCUT2D eigenvalue weighted by Gasteiger charge is -2.29.